The van der Waals surface area contributed by atoms with Crippen LogP contribution in [-0.2, 0) is 11.8 Å². The monoisotopic (exact) mass is 349 g/mol. The lowest BCUT2D eigenvalue weighted by atomic mass is 9.99. The first-order chi connectivity index (χ1) is 12.6. The maximum absolute atomic E-state index is 11.4. The van der Waals surface area contributed by atoms with Crippen molar-refractivity contribution in [3.05, 3.63) is 48.4 Å². The Labute approximate surface area is 150 Å². The fraction of sp³-hybridized carbons (Fsp3) is 0.263. The number of aryl methyl sites for hydroxylation is 1. The van der Waals surface area contributed by atoms with Crippen molar-refractivity contribution in [3.63, 3.8) is 0 Å². The van der Waals surface area contributed by atoms with Crippen LogP contribution < -0.4 is 4.74 Å². The molecule has 0 saturated carbocycles. The van der Waals surface area contributed by atoms with Crippen molar-refractivity contribution < 1.29 is 9.53 Å². The number of rotatable bonds is 3. The van der Waals surface area contributed by atoms with Gasteiger partial charge in [0.05, 0.1) is 6.20 Å². The van der Waals surface area contributed by atoms with E-state index in [1.165, 1.54) is 11.9 Å². The first-order valence-electron chi connectivity index (χ1n) is 8.47. The van der Waals surface area contributed by atoms with Gasteiger partial charge in [0, 0.05) is 27.1 Å². The van der Waals surface area contributed by atoms with Crippen LogP contribution in [0.5, 0.6) is 11.6 Å². The number of hydrogen-bond donors (Lipinski definition) is 0. The van der Waals surface area contributed by atoms with E-state index in [9.17, 15) is 4.79 Å². The smallest absolute Gasteiger partial charge is 0.233 e. The summed E-state index contributed by atoms with van der Waals surface area (Å²) in [4.78, 5) is 21.7. The molecular weight excluding hydrogens is 330 g/mol. The first-order valence-corrected chi connectivity index (χ1v) is 8.47. The topological polar surface area (TPSA) is 73.1 Å². The number of carbonyl (C=O) groups is 1. The van der Waals surface area contributed by atoms with Crippen LogP contribution in [0.25, 0.3) is 16.6 Å². The quantitative estimate of drug-likeness (QED) is 0.727. The van der Waals surface area contributed by atoms with Crippen LogP contribution in [0.3, 0.4) is 0 Å². The van der Waals surface area contributed by atoms with Gasteiger partial charge in [-0.15, -0.1) is 0 Å². The Bertz CT molecular complexity index is 991. The lowest BCUT2D eigenvalue weighted by Crippen LogP contribution is -2.32. The van der Waals surface area contributed by atoms with Gasteiger partial charge in [-0.05, 0) is 29.7 Å². The van der Waals surface area contributed by atoms with Crippen molar-refractivity contribution in [2.45, 2.75) is 13.3 Å². The van der Waals surface area contributed by atoms with E-state index in [1.54, 1.807) is 17.8 Å². The van der Waals surface area contributed by atoms with Gasteiger partial charge in [0.15, 0.2) is 5.65 Å². The van der Waals surface area contributed by atoms with Crippen LogP contribution in [0.1, 0.15) is 18.9 Å². The van der Waals surface area contributed by atoms with E-state index in [0.717, 1.165) is 29.6 Å². The van der Waals surface area contributed by atoms with Gasteiger partial charge in [0.25, 0.3) is 0 Å². The lowest BCUT2D eigenvalue weighted by Gasteiger charge is -2.25. The van der Waals surface area contributed by atoms with Crippen LogP contribution in [-0.4, -0.2) is 43.6 Å². The number of benzene rings is 1. The summed E-state index contributed by atoms with van der Waals surface area (Å²) in [5.41, 5.74) is 3.13. The van der Waals surface area contributed by atoms with E-state index in [4.69, 9.17) is 4.74 Å². The number of amides is 1. The van der Waals surface area contributed by atoms with Gasteiger partial charge in [-0.1, -0.05) is 18.2 Å². The summed E-state index contributed by atoms with van der Waals surface area (Å²) in [5.74, 6) is 1.32. The molecule has 132 valence electrons. The SMILES string of the molecule is CC(=O)N1CC=C(c2ccc(Oc3ncnc4c3cnn4C)cc2)CC1. The average molecular weight is 349 g/mol. The standard InChI is InChI=1S/C19H19N5O2/c1-13(25)24-9-7-15(8-10-24)14-3-5-16(6-4-14)26-19-17-11-22-23(2)18(17)20-12-21-19/h3-7,11-12H,8-10H2,1-2H3. The molecule has 0 unspecified atom stereocenters. The Morgan fingerprint density at radius 1 is 1.19 bits per heavy atom. The van der Waals surface area contributed by atoms with Gasteiger partial charge in [0.1, 0.15) is 17.5 Å². The molecule has 7 heteroatoms. The minimum atomic E-state index is 0.121. The summed E-state index contributed by atoms with van der Waals surface area (Å²) in [6.45, 7) is 3.04. The summed E-state index contributed by atoms with van der Waals surface area (Å²) >= 11 is 0. The third-order valence-corrected chi connectivity index (χ3v) is 4.59. The summed E-state index contributed by atoms with van der Waals surface area (Å²) in [7, 11) is 1.83. The van der Waals surface area contributed by atoms with Crippen molar-refractivity contribution in [1.29, 1.82) is 0 Å². The molecule has 4 rings (SSSR count). The molecule has 0 spiro atoms. The number of fused-ring (bicyclic) bond motifs is 1. The fourth-order valence-corrected chi connectivity index (χ4v) is 3.09. The van der Waals surface area contributed by atoms with Gasteiger partial charge in [-0.3, -0.25) is 9.48 Å². The van der Waals surface area contributed by atoms with Gasteiger partial charge >= 0.3 is 0 Å². The molecule has 0 bridgehead atoms. The summed E-state index contributed by atoms with van der Waals surface area (Å²) in [6.07, 6.45) is 6.15. The molecule has 3 aromatic rings. The highest BCUT2D eigenvalue weighted by Crippen LogP contribution is 2.28. The van der Waals surface area contributed by atoms with Gasteiger partial charge in [-0.25, -0.2) is 9.97 Å². The average Bonchev–Trinajstić information content (AvgIpc) is 3.05. The third kappa shape index (κ3) is 3.03. The van der Waals surface area contributed by atoms with Gasteiger partial charge in [-0.2, -0.15) is 5.10 Å². The molecule has 0 fully saturated rings. The Morgan fingerprint density at radius 2 is 2.00 bits per heavy atom. The number of carbonyl (C=O) groups excluding carboxylic acids is 1. The van der Waals surface area contributed by atoms with E-state index < -0.39 is 0 Å². The van der Waals surface area contributed by atoms with Gasteiger partial charge in [0.2, 0.25) is 11.8 Å². The van der Waals surface area contributed by atoms with E-state index in [-0.39, 0.29) is 5.91 Å². The molecule has 0 saturated heterocycles. The fourth-order valence-electron chi connectivity index (χ4n) is 3.09. The van der Waals surface area contributed by atoms with Crippen LogP contribution in [0.15, 0.2) is 42.9 Å². The summed E-state index contributed by atoms with van der Waals surface area (Å²) in [5, 5.41) is 4.97. The Balaban J connectivity index is 1.52. The lowest BCUT2D eigenvalue weighted by molar-refractivity contribution is -0.128. The second-order valence-electron chi connectivity index (χ2n) is 6.26. The minimum absolute atomic E-state index is 0.121. The van der Waals surface area contributed by atoms with Crippen molar-refractivity contribution in [1.82, 2.24) is 24.6 Å². The molecule has 0 aliphatic carbocycles. The molecule has 1 amide bonds. The highest BCUT2D eigenvalue weighted by molar-refractivity contribution is 5.80. The number of aromatic nitrogens is 4. The molecule has 1 aliphatic rings. The van der Waals surface area contributed by atoms with Crippen LogP contribution in [0.2, 0.25) is 0 Å². The van der Waals surface area contributed by atoms with Crippen LogP contribution >= 0.6 is 0 Å². The summed E-state index contributed by atoms with van der Waals surface area (Å²) in [6, 6.07) is 7.92. The highest BCUT2D eigenvalue weighted by atomic mass is 16.5. The van der Waals surface area contributed by atoms with Gasteiger partial charge < -0.3 is 9.64 Å². The predicted octanol–water partition coefficient (Wildman–Crippen LogP) is 2.79. The number of nitrogens with zero attached hydrogens (tertiary/aromatic N) is 5. The van der Waals surface area contributed by atoms with Crippen molar-refractivity contribution in [2.24, 2.45) is 7.05 Å². The Kier molecular flexibility index (Phi) is 4.12. The number of ether oxygens (including phenoxy) is 1. The first kappa shape index (κ1) is 16.3. The zero-order valence-corrected chi connectivity index (χ0v) is 14.7. The zero-order valence-electron chi connectivity index (χ0n) is 14.7. The van der Waals surface area contributed by atoms with E-state index in [2.05, 4.69) is 21.1 Å². The Hall–Kier alpha value is -3.22. The molecule has 7 nitrogen and oxygen atoms in total. The number of hydrogen-bond acceptors (Lipinski definition) is 5. The normalized spacial score (nSPS) is 14.4. The predicted molar refractivity (Wildman–Crippen MR) is 97.7 cm³/mol. The molecule has 1 aromatic carbocycles. The van der Waals surface area contributed by atoms with Crippen LogP contribution in [0.4, 0.5) is 0 Å². The molecule has 26 heavy (non-hydrogen) atoms. The zero-order chi connectivity index (χ0) is 18.1. The van der Waals surface area contributed by atoms with Crippen molar-refractivity contribution in [2.75, 3.05) is 13.1 Å². The third-order valence-electron chi connectivity index (χ3n) is 4.59. The van der Waals surface area contributed by atoms with E-state index >= 15 is 0 Å². The van der Waals surface area contributed by atoms with E-state index in [0.29, 0.717) is 18.2 Å². The maximum Gasteiger partial charge on any atom is 0.233 e. The molecule has 0 atom stereocenters. The maximum atomic E-state index is 11.4. The van der Waals surface area contributed by atoms with Crippen molar-refractivity contribution >= 4 is 22.5 Å². The molecule has 3 heterocycles. The molecule has 0 radical (unpaired) electrons. The van der Waals surface area contributed by atoms with Crippen molar-refractivity contribution in [3.8, 4) is 11.6 Å². The van der Waals surface area contributed by atoms with E-state index in [1.807, 2.05) is 36.2 Å². The minimum Gasteiger partial charge on any atom is -0.438 e. The second-order valence-corrected chi connectivity index (χ2v) is 6.26. The summed E-state index contributed by atoms with van der Waals surface area (Å²) < 4.78 is 7.61. The Morgan fingerprint density at radius 3 is 2.69 bits per heavy atom. The largest absolute Gasteiger partial charge is 0.438 e. The molecule has 0 N–H and O–H groups in total. The highest BCUT2D eigenvalue weighted by Gasteiger charge is 2.15. The molecule has 2 aromatic heterocycles. The second kappa shape index (κ2) is 6.59. The van der Waals surface area contributed by atoms with Crippen LogP contribution in [0, 0.1) is 0 Å². The molecular formula is C19H19N5O2. The molecule has 1 aliphatic heterocycles.